The van der Waals surface area contributed by atoms with E-state index in [0.29, 0.717) is 12.4 Å². The first kappa shape index (κ1) is 15.4. The molecule has 0 saturated heterocycles. The van der Waals surface area contributed by atoms with Crippen LogP contribution >= 0.6 is 0 Å². The van der Waals surface area contributed by atoms with Crippen LogP contribution in [0.25, 0.3) is 10.8 Å². The lowest BCUT2D eigenvalue weighted by atomic mass is 10.0. The van der Waals surface area contributed by atoms with Gasteiger partial charge in [-0.15, -0.1) is 0 Å². The van der Waals surface area contributed by atoms with Crippen LogP contribution in [0, 0.1) is 0 Å². The van der Waals surface area contributed by atoms with Gasteiger partial charge in [-0.3, -0.25) is 0 Å². The minimum atomic E-state index is -0.937. The summed E-state index contributed by atoms with van der Waals surface area (Å²) in [7, 11) is 0. The highest BCUT2D eigenvalue weighted by molar-refractivity contribution is 6.06. The number of carboxylic acid groups (broad SMARTS) is 1. The van der Waals surface area contributed by atoms with Gasteiger partial charge in [0.15, 0.2) is 0 Å². The molecule has 0 amide bonds. The zero-order valence-electron chi connectivity index (χ0n) is 12.5. The summed E-state index contributed by atoms with van der Waals surface area (Å²) < 4.78 is 5.71. The van der Waals surface area contributed by atoms with Gasteiger partial charge < -0.3 is 9.84 Å². The summed E-state index contributed by atoms with van der Waals surface area (Å²) in [5, 5.41) is 11.1. The van der Waals surface area contributed by atoms with E-state index >= 15 is 0 Å². The summed E-state index contributed by atoms with van der Waals surface area (Å²) in [6, 6.07) is 11.2. The topological polar surface area (TPSA) is 46.5 Å². The molecule has 0 unspecified atom stereocenters. The molecule has 3 heteroatoms. The van der Waals surface area contributed by atoms with Crippen LogP contribution in [0.5, 0.6) is 5.75 Å². The third-order valence-electron chi connectivity index (χ3n) is 3.61. The molecule has 3 nitrogen and oxygen atoms in total. The zero-order valence-corrected chi connectivity index (χ0v) is 12.5. The minimum Gasteiger partial charge on any atom is -0.493 e. The Bertz CT molecular complexity index is 604. The fourth-order valence-electron chi connectivity index (χ4n) is 2.48. The van der Waals surface area contributed by atoms with Crippen molar-refractivity contribution in [2.45, 2.75) is 39.0 Å². The predicted molar refractivity (Wildman–Crippen MR) is 85.2 cm³/mol. The fraction of sp³-hybridized carbons (Fsp3) is 0.389. The van der Waals surface area contributed by atoms with Crippen LogP contribution in [0.2, 0.25) is 0 Å². The Morgan fingerprint density at radius 1 is 1.05 bits per heavy atom. The van der Waals surface area contributed by atoms with Crippen molar-refractivity contribution in [2.75, 3.05) is 6.61 Å². The van der Waals surface area contributed by atoms with Gasteiger partial charge in [-0.2, -0.15) is 0 Å². The van der Waals surface area contributed by atoms with Crippen molar-refractivity contribution in [1.29, 1.82) is 0 Å². The molecule has 0 radical (unpaired) electrons. The lowest BCUT2D eigenvalue weighted by molar-refractivity contribution is 0.0694. The van der Waals surface area contributed by atoms with E-state index in [1.807, 2.05) is 30.3 Å². The second-order valence-corrected chi connectivity index (χ2v) is 5.23. The lowest BCUT2D eigenvalue weighted by Crippen LogP contribution is -2.05. The second-order valence-electron chi connectivity index (χ2n) is 5.23. The second kappa shape index (κ2) is 7.67. The molecule has 0 atom stereocenters. The summed E-state index contributed by atoms with van der Waals surface area (Å²) in [6.07, 6.45) is 5.77. The Hall–Kier alpha value is -2.03. The van der Waals surface area contributed by atoms with Crippen molar-refractivity contribution in [3.05, 3.63) is 42.0 Å². The van der Waals surface area contributed by atoms with Crippen LogP contribution in [0.1, 0.15) is 49.4 Å². The molecule has 0 aliphatic heterocycles. The fourth-order valence-corrected chi connectivity index (χ4v) is 2.48. The van der Waals surface area contributed by atoms with Crippen molar-refractivity contribution in [3.63, 3.8) is 0 Å². The predicted octanol–water partition coefficient (Wildman–Crippen LogP) is 4.89. The Balaban J connectivity index is 2.09. The van der Waals surface area contributed by atoms with Gasteiger partial charge in [0.2, 0.25) is 0 Å². The zero-order chi connectivity index (χ0) is 15.1. The van der Waals surface area contributed by atoms with Gasteiger partial charge in [-0.05, 0) is 23.3 Å². The van der Waals surface area contributed by atoms with Crippen molar-refractivity contribution in [3.8, 4) is 5.75 Å². The van der Waals surface area contributed by atoms with E-state index in [-0.39, 0.29) is 5.56 Å². The number of carbonyl (C=O) groups is 1. The van der Waals surface area contributed by atoms with Crippen molar-refractivity contribution in [1.82, 2.24) is 0 Å². The summed E-state index contributed by atoms with van der Waals surface area (Å²) >= 11 is 0. The molecule has 21 heavy (non-hydrogen) atoms. The van der Waals surface area contributed by atoms with Crippen LogP contribution in [0.15, 0.2) is 36.4 Å². The summed E-state index contributed by atoms with van der Waals surface area (Å²) in [6.45, 7) is 2.76. The number of ether oxygens (including phenoxy) is 1. The van der Waals surface area contributed by atoms with Crippen LogP contribution < -0.4 is 4.74 Å². The first-order chi connectivity index (χ1) is 10.2. The Kier molecular flexibility index (Phi) is 5.61. The Morgan fingerprint density at radius 3 is 2.57 bits per heavy atom. The first-order valence-electron chi connectivity index (χ1n) is 7.62. The van der Waals surface area contributed by atoms with E-state index in [0.717, 1.165) is 23.6 Å². The molecule has 0 saturated carbocycles. The number of carboxylic acids is 1. The molecule has 0 fully saturated rings. The first-order valence-corrected chi connectivity index (χ1v) is 7.62. The van der Waals surface area contributed by atoms with Crippen molar-refractivity contribution >= 4 is 16.7 Å². The highest BCUT2D eigenvalue weighted by atomic mass is 16.5. The Morgan fingerprint density at radius 2 is 1.81 bits per heavy atom. The van der Waals surface area contributed by atoms with Crippen LogP contribution in [-0.2, 0) is 0 Å². The summed E-state index contributed by atoms with van der Waals surface area (Å²) in [5.41, 5.74) is 0.265. The molecule has 2 aromatic rings. The van der Waals surface area contributed by atoms with Crippen molar-refractivity contribution < 1.29 is 14.6 Å². The normalized spacial score (nSPS) is 10.7. The highest BCUT2D eigenvalue weighted by Crippen LogP contribution is 2.28. The van der Waals surface area contributed by atoms with Gasteiger partial charge in [0.1, 0.15) is 11.3 Å². The van der Waals surface area contributed by atoms with E-state index in [1.165, 1.54) is 19.3 Å². The van der Waals surface area contributed by atoms with E-state index in [9.17, 15) is 9.90 Å². The summed E-state index contributed by atoms with van der Waals surface area (Å²) in [5.74, 6) is -0.468. The number of fused-ring (bicyclic) bond motifs is 1. The number of benzene rings is 2. The summed E-state index contributed by atoms with van der Waals surface area (Å²) in [4.78, 5) is 11.5. The molecule has 2 rings (SSSR count). The third kappa shape index (κ3) is 3.97. The van der Waals surface area contributed by atoms with Crippen LogP contribution in [0.3, 0.4) is 0 Å². The van der Waals surface area contributed by atoms with E-state index < -0.39 is 5.97 Å². The van der Waals surface area contributed by atoms with Gasteiger partial charge >= 0.3 is 5.97 Å². The average molecular weight is 286 g/mol. The Labute approximate surface area is 125 Å². The molecule has 1 N–H and O–H groups in total. The largest absolute Gasteiger partial charge is 0.493 e. The molecule has 112 valence electrons. The van der Waals surface area contributed by atoms with Crippen molar-refractivity contribution in [2.24, 2.45) is 0 Å². The number of hydrogen-bond acceptors (Lipinski definition) is 2. The molecule has 0 aromatic heterocycles. The number of aromatic carboxylic acids is 1. The average Bonchev–Trinajstić information content (AvgIpc) is 2.50. The van der Waals surface area contributed by atoms with E-state index in [1.54, 1.807) is 6.07 Å². The molecular weight excluding hydrogens is 264 g/mol. The lowest BCUT2D eigenvalue weighted by Gasteiger charge is -2.11. The van der Waals surface area contributed by atoms with Gasteiger partial charge in [-0.1, -0.05) is 62.9 Å². The molecule has 0 aliphatic carbocycles. The maximum absolute atomic E-state index is 11.5. The number of hydrogen-bond donors (Lipinski definition) is 1. The SMILES string of the molecule is CCCCCCCOc1ccc2ccccc2c1C(=O)O. The quantitative estimate of drug-likeness (QED) is 0.703. The maximum Gasteiger partial charge on any atom is 0.340 e. The highest BCUT2D eigenvalue weighted by Gasteiger charge is 2.15. The van der Waals surface area contributed by atoms with E-state index in [4.69, 9.17) is 4.74 Å². The monoisotopic (exact) mass is 286 g/mol. The van der Waals surface area contributed by atoms with Gasteiger partial charge in [0, 0.05) is 0 Å². The molecule has 0 spiro atoms. The van der Waals surface area contributed by atoms with E-state index in [2.05, 4.69) is 6.92 Å². The van der Waals surface area contributed by atoms with Gasteiger partial charge in [-0.25, -0.2) is 4.79 Å². The van der Waals surface area contributed by atoms with Gasteiger partial charge in [0.25, 0.3) is 0 Å². The third-order valence-corrected chi connectivity index (χ3v) is 3.61. The van der Waals surface area contributed by atoms with Gasteiger partial charge in [0.05, 0.1) is 6.61 Å². The molecule has 0 bridgehead atoms. The number of rotatable bonds is 8. The van der Waals surface area contributed by atoms with Crippen LogP contribution in [-0.4, -0.2) is 17.7 Å². The molecular formula is C18H22O3. The smallest absolute Gasteiger partial charge is 0.340 e. The molecule has 0 aliphatic rings. The molecule has 0 heterocycles. The standard InChI is InChI=1S/C18H22O3/c1-2-3-4-5-8-13-21-16-12-11-14-9-6-7-10-15(14)17(16)18(19)20/h6-7,9-12H,2-5,8,13H2,1H3,(H,19,20). The molecule has 2 aromatic carbocycles. The number of unbranched alkanes of at least 4 members (excludes halogenated alkanes) is 4. The van der Waals surface area contributed by atoms with Crippen LogP contribution in [0.4, 0.5) is 0 Å². The maximum atomic E-state index is 11.5. The minimum absolute atomic E-state index is 0.265.